The minimum atomic E-state index is -0.744. The largest absolute Gasteiger partial charge is 0.494 e. The summed E-state index contributed by atoms with van der Waals surface area (Å²) in [6.07, 6.45) is 0. The maximum atomic E-state index is 14.5. The van der Waals surface area contributed by atoms with Crippen molar-refractivity contribution in [1.29, 1.82) is 0 Å². The molecule has 5 nitrogen and oxygen atoms in total. The van der Waals surface area contributed by atoms with Gasteiger partial charge in [0.15, 0.2) is 0 Å². The molecule has 0 radical (unpaired) electrons. The van der Waals surface area contributed by atoms with Crippen LogP contribution in [-0.2, 0) is 9.31 Å². The lowest BCUT2D eigenvalue weighted by atomic mass is 9.79. The van der Waals surface area contributed by atoms with Crippen LogP contribution >= 0.6 is 0 Å². The van der Waals surface area contributed by atoms with Gasteiger partial charge in [-0.05, 0) is 69.9 Å². The minimum Gasteiger partial charge on any atom is -0.399 e. The zero-order chi connectivity index (χ0) is 22.7. The van der Waals surface area contributed by atoms with Gasteiger partial charge in [0.2, 0.25) is 0 Å². The number of halogens is 2. The number of amides is 2. The number of hydrogen-bond acceptors (Lipinski definition) is 3. The van der Waals surface area contributed by atoms with Gasteiger partial charge in [-0.15, -0.1) is 0 Å². The topological polar surface area (TPSA) is 59.6 Å². The highest BCUT2D eigenvalue weighted by molar-refractivity contribution is 6.62. The van der Waals surface area contributed by atoms with Crippen molar-refractivity contribution in [3.63, 3.8) is 0 Å². The predicted molar refractivity (Wildman–Crippen MR) is 117 cm³/mol. The summed E-state index contributed by atoms with van der Waals surface area (Å²) in [6, 6.07) is 7.89. The van der Waals surface area contributed by atoms with Crippen molar-refractivity contribution in [2.24, 2.45) is 0 Å². The van der Waals surface area contributed by atoms with E-state index in [1.54, 1.807) is 19.1 Å². The lowest BCUT2D eigenvalue weighted by Crippen LogP contribution is -2.41. The Morgan fingerprint density at radius 3 is 2.00 bits per heavy atom. The molecular formula is C22H29BF2N2O3. The van der Waals surface area contributed by atoms with Gasteiger partial charge in [-0.3, -0.25) is 0 Å². The smallest absolute Gasteiger partial charge is 0.399 e. The maximum absolute atomic E-state index is 14.5. The third-order valence-corrected chi connectivity index (χ3v) is 5.14. The maximum Gasteiger partial charge on any atom is 0.494 e. The molecule has 0 aliphatic carbocycles. The van der Waals surface area contributed by atoms with Crippen LogP contribution in [0.4, 0.5) is 25.0 Å². The first kappa shape index (κ1) is 23.8. The molecule has 1 heterocycles. The molecule has 0 saturated carbocycles. The van der Waals surface area contributed by atoms with Crippen molar-refractivity contribution in [2.75, 3.05) is 10.6 Å². The van der Waals surface area contributed by atoms with Crippen molar-refractivity contribution in [1.82, 2.24) is 0 Å². The number of anilines is 2. The monoisotopic (exact) mass is 418 g/mol. The van der Waals surface area contributed by atoms with E-state index in [1.807, 2.05) is 41.5 Å². The Morgan fingerprint density at radius 2 is 1.43 bits per heavy atom. The number of benzene rings is 2. The fourth-order valence-electron chi connectivity index (χ4n) is 2.77. The lowest BCUT2D eigenvalue weighted by Gasteiger charge is -2.32. The Labute approximate surface area is 177 Å². The average molecular weight is 418 g/mol. The number of carbonyl (C=O) groups is 1. The molecule has 30 heavy (non-hydrogen) atoms. The molecule has 0 atom stereocenters. The SMILES string of the molecule is CC.Cc1ccc(F)c(NC(=O)Nc2ccc(B3OC(C)(C)C(C)(C)O3)cc2F)c1. The summed E-state index contributed by atoms with van der Waals surface area (Å²) in [5, 5.41) is 4.76. The number of aryl methyl sites for hydroxylation is 1. The van der Waals surface area contributed by atoms with Crippen LogP contribution < -0.4 is 16.1 Å². The van der Waals surface area contributed by atoms with Gasteiger partial charge in [-0.1, -0.05) is 26.0 Å². The third-order valence-electron chi connectivity index (χ3n) is 5.14. The van der Waals surface area contributed by atoms with Crippen molar-refractivity contribution in [3.05, 3.63) is 53.6 Å². The summed E-state index contributed by atoms with van der Waals surface area (Å²) >= 11 is 0. The molecule has 2 aromatic rings. The summed E-state index contributed by atoms with van der Waals surface area (Å²) in [5.74, 6) is -1.22. The average Bonchev–Trinajstić information content (AvgIpc) is 2.89. The van der Waals surface area contributed by atoms with E-state index in [9.17, 15) is 13.6 Å². The molecule has 1 saturated heterocycles. The molecule has 1 aliphatic heterocycles. The molecule has 0 unspecified atom stereocenters. The van der Waals surface area contributed by atoms with Gasteiger partial charge in [0.25, 0.3) is 0 Å². The van der Waals surface area contributed by atoms with Gasteiger partial charge in [0, 0.05) is 0 Å². The van der Waals surface area contributed by atoms with Gasteiger partial charge in [0.05, 0.1) is 22.6 Å². The second-order valence-electron chi connectivity index (χ2n) is 7.89. The van der Waals surface area contributed by atoms with Crippen LogP contribution in [0.2, 0.25) is 0 Å². The van der Waals surface area contributed by atoms with Crippen LogP contribution in [-0.4, -0.2) is 24.4 Å². The van der Waals surface area contributed by atoms with E-state index in [0.29, 0.717) is 5.46 Å². The van der Waals surface area contributed by atoms with E-state index in [1.165, 1.54) is 24.3 Å². The highest BCUT2D eigenvalue weighted by atomic mass is 19.1. The van der Waals surface area contributed by atoms with Gasteiger partial charge in [-0.2, -0.15) is 0 Å². The molecule has 8 heteroatoms. The number of urea groups is 1. The lowest BCUT2D eigenvalue weighted by molar-refractivity contribution is 0.00578. The minimum absolute atomic E-state index is 0.0201. The molecule has 1 fully saturated rings. The summed E-state index contributed by atoms with van der Waals surface area (Å²) in [5.41, 5.74) is 0.199. The Balaban J connectivity index is 0.00000155. The van der Waals surface area contributed by atoms with Crippen LogP contribution in [0.15, 0.2) is 36.4 Å². The van der Waals surface area contributed by atoms with E-state index in [0.717, 1.165) is 5.56 Å². The number of carbonyl (C=O) groups excluding carboxylic acids is 1. The highest BCUT2D eigenvalue weighted by Crippen LogP contribution is 2.36. The molecule has 0 spiro atoms. The molecule has 162 valence electrons. The second kappa shape index (κ2) is 9.14. The van der Waals surface area contributed by atoms with Crippen molar-refractivity contribution >= 4 is 30.0 Å². The van der Waals surface area contributed by atoms with Gasteiger partial charge >= 0.3 is 13.1 Å². The molecule has 2 N–H and O–H groups in total. The molecule has 0 aromatic heterocycles. The molecule has 2 amide bonds. The highest BCUT2D eigenvalue weighted by Gasteiger charge is 2.51. The molecule has 0 bridgehead atoms. The summed E-state index contributed by atoms with van der Waals surface area (Å²) in [4.78, 5) is 12.1. The van der Waals surface area contributed by atoms with Crippen molar-refractivity contribution in [3.8, 4) is 0 Å². The van der Waals surface area contributed by atoms with Crippen molar-refractivity contribution < 1.29 is 22.9 Å². The first-order valence-corrected chi connectivity index (χ1v) is 9.98. The van der Waals surface area contributed by atoms with E-state index < -0.39 is 36.0 Å². The Kier molecular flexibility index (Phi) is 7.26. The van der Waals surface area contributed by atoms with Crippen LogP contribution in [0, 0.1) is 18.6 Å². The van der Waals surface area contributed by atoms with E-state index in [2.05, 4.69) is 10.6 Å². The van der Waals surface area contributed by atoms with Crippen molar-refractivity contribution in [2.45, 2.75) is 59.7 Å². The Morgan fingerprint density at radius 1 is 0.867 bits per heavy atom. The molecular weight excluding hydrogens is 389 g/mol. The van der Waals surface area contributed by atoms with E-state index >= 15 is 0 Å². The first-order chi connectivity index (χ1) is 14.0. The van der Waals surface area contributed by atoms with Crippen LogP contribution in [0.25, 0.3) is 0 Å². The normalized spacial score (nSPS) is 16.5. The summed E-state index contributed by atoms with van der Waals surface area (Å²) in [6.45, 7) is 13.4. The molecule has 3 rings (SSSR count). The second-order valence-corrected chi connectivity index (χ2v) is 7.89. The predicted octanol–water partition coefficient (Wildman–Crippen LogP) is 5.24. The third kappa shape index (κ3) is 5.18. The van der Waals surface area contributed by atoms with Gasteiger partial charge in [0.1, 0.15) is 11.6 Å². The van der Waals surface area contributed by atoms with Crippen LogP contribution in [0.3, 0.4) is 0 Å². The number of hydrogen-bond donors (Lipinski definition) is 2. The van der Waals surface area contributed by atoms with Gasteiger partial charge in [-0.25, -0.2) is 13.6 Å². The fourth-order valence-corrected chi connectivity index (χ4v) is 2.77. The van der Waals surface area contributed by atoms with E-state index in [-0.39, 0.29) is 11.4 Å². The Bertz CT molecular complexity index is 903. The van der Waals surface area contributed by atoms with Gasteiger partial charge < -0.3 is 19.9 Å². The molecule has 2 aromatic carbocycles. The summed E-state index contributed by atoms with van der Waals surface area (Å²) in [7, 11) is -0.705. The van der Waals surface area contributed by atoms with Crippen LogP contribution in [0.5, 0.6) is 0 Å². The zero-order valence-corrected chi connectivity index (χ0v) is 18.5. The standard InChI is InChI=1S/C20H23BF2N2O3.C2H6/c1-12-6-8-14(22)17(10-12)25-18(26)24-16-9-7-13(11-15(16)23)21-27-19(2,3)20(4,5)28-21;1-2/h6-11H,1-5H3,(H2,24,25,26);1-2H3. The first-order valence-electron chi connectivity index (χ1n) is 9.98. The fraction of sp³-hybridized carbons (Fsp3) is 0.409. The number of rotatable bonds is 3. The summed E-state index contributed by atoms with van der Waals surface area (Å²) < 4.78 is 40.1. The number of nitrogens with one attached hydrogen (secondary N) is 2. The molecule has 1 aliphatic rings. The quantitative estimate of drug-likeness (QED) is 0.670. The van der Waals surface area contributed by atoms with E-state index in [4.69, 9.17) is 9.31 Å². The zero-order valence-electron chi connectivity index (χ0n) is 18.5. The Hall–Kier alpha value is -2.45. The van der Waals surface area contributed by atoms with Crippen LogP contribution in [0.1, 0.15) is 47.1 Å².